The molecule has 0 bridgehead atoms. The molecule has 4 aromatic heterocycles. The second-order valence-corrected chi connectivity index (χ2v) is 11.0. The largest absolute Gasteiger partial charge is 0.434 e. The van der Waals surface area contributed by atoms with E-state index in [1.165, 1.54) is 0 Å². The number of rotatable bonds is 4. The topological polar surface area (TPSA) is 86.7 Å². The van der Waals surface area contributed by atoms with Crippen molar-refractivity contribution in [2.45, 2.75) is 0 Å². The van der Waals surface area contributed by atoms with Gasteiger partial charge in [0.05, 0.1) is 22.6 Å². The molecule has 7 aromatic rings. The van der Waals surface area contributed by atoms with Crippen LogP contribution in [0.1, 0.15) is 0 Å². The summed E-state index contributed by atoms with van der Waals surface area (Å²) in [6.07, 6.45) is 6.63. The highest BCUT2D eigenvalue weighted by atomic mass is 31.2. The minimum absolute atomic E-state index is 0.361. The molecule has 0 aliphatic heterocycles. The molecule has 0 N–H and O–H groups in total. The fraction of sp³-hybridized carbons (Fsp3) is 0. The van der Waals surface area contributed by atoms with Crippen LogP contribution < -0.4 is 16.0 Å². The van der Waals surface area contributed by atoms with Crippen LogP contribution in [0.4, 0.5) is 0 Å². The Kier molecular flexibility index (Phi) is 4.59. The second-order valence-electron chi connectivity index (χ2n) is 8.37. The van der Waals surface area contributed by atoms with Crippen molar-refractivity contribution in [3.8, 4) is 5.69 Å². The molecule has 0 unspecified atom stereocenters. The number of fused-ring (bicyclic) bond motifs is 4. The first-order valence-electron chi connectivity index (χ1n) is 11.4. The van der Waals surface area contributed by atoms with E-state index in [1.54, 1.807) is 24.9 Å². The summed E-state index contributed by atoms with van der Waals surface area (Å²) in [5, 5.41) is 1.96. The lowest BCUT2D eigenvalue weighted by Gasteiger charge is -2.20. The van der Waals surface area contributed by atoms with E-state index < -0.39 is 7.14 Å². The molecule has 0 radical (unpaired) electrons. The predicted octanol–water partition coefficient (Wildman–Crippen LogP) is 4.75. The number of pyridine rings is 1. The van der Waals surface area contributed by atoms with Crippen molar-refractivity contribution in [1.82, 2.24) is 24.5 Å². The van der Waals surface area contributed by atoms with Crippen LogP contribution in [0.15, 0.2) is 114 Å². The molecule has 7 rings (SSSR count). The number of aromatic nitrogens is 5. The summed E-state index contributed by atoms with van der Waals surface area (Å²) in [6, 6.07) is 26.7. The molecule has 36 heavy (non-hydrogen) atoms. The number of imidazole rings is 1. The molecule has 0 spiro atoms. The lowest BCUT2D eigenvalue weighted by atomic mass is 10.2. The Hall–Kier alpha value is -4.61. The normalized spacial score (nSPS) is 12.0. The minimum atomic E-state index is -3.40. The minimum Gasteiger partial charge on any atom is -0.434 e. The van der Waals surface area contributed by atoms with Gasteiger partial charge in [-0.3, -0.25) is 4.57 Å². The maximum absolute atomic E-state index is 15.2. The van der Waals surface area contributed by atoms with Crippen LogP contribution in [-0.4, -0.2) is 24.5 Å². The Bertz CT molecular complexity index is 1890. The average molecular weight is 487 g/mol. The molecule has 3 aromatic carbocycles. The van der Waals surface area contributed by atoms with E-state index >= 15 is 4.57 Å². The van der Waals surface area contributed by atoms with E-state index in [2.05, 4.69) is 15.0 Å². The van der Waals surface area contributed by atoms with Gasteiger partial charge in [0.25, 0.3) is 0 Å². The fourth-order valence-corrected chi connectivity index (χ4v) is 7.40. The molecule has 7 nitrogen and oxygen atoms in total. The third-order valence-corrected chi connectivity index (χ3v) is 9.33. The van der Waals surface area contributed by atoms with E-state index in [0.717, 1.165) is 11.0 Å². The summed E-state index contributed by atoms with van der Waals surface area (Å²) < 4.78 is 23.4. The zero-order valence-corrected chi connectivity index (χ0v) is 19.8. The van der Waals surface area contributed by atoms with Crippen molar-refractivity contribution < 1.29 is 8.98 Å². The number of benzene rings is 3. The fourth-order valence-electron chi connectivity index (χ4n) is 4.69. The first kappa shape index (κ1) is 20.7. The second kappa shape index (κ2) is 7.97. The number of hydrogen-bond acceptors (Lipinski definition) is 6. The van der Waals surface area contributed by atoms with Gasteiger partial charge in [-0.1, -0.05) is 72.8 Å². The molecular weight excluding hydrogens is 469 g/mol. The van der Waals surface area contributed by atoms with Crippen LogP contribution in [0.3, 0.4) is 0 Å². The van der Waals surface area contributed by atoms with E-state index in [4.69, 9.17) is 9.40 Å². The van der Waals surface area contributed by atoms with E-state index in [-0.39, 0.29) is 0 Å². The smallest absolute Gasteiger partial charge is 0.246 e. The third-order valence-electron chi connectivity index (χ3n) is 6.34. The quantitative estimate of drug-likeness (QED) is 0.333. The van der Waals surface area contributed by atoms with Crippen molar-refractivity contribution in [3.05, 3.63) is 110 Å². The molecule has 172 valence electrons. The van der Waals surface area contributed by atoms with Gasteiger partial charge in [-0.25, -0.2) is 19.9 Å². The third kappa shape index (κ3) is 2.96. The molecule has 0 aliphatic carbocycles. The Balaban J connectivity index is 1.62. The van der Waals surface area contributed by atoms with Crippen LogP contribution in [0.5, 0.6) is 0 Å². The molecule has 0 saturated carbocycles. The van der Waals surface area contributed by atoms with E-state index in [1.807, 2.05) is 89.5 Å². The van der Waals surface area contributed by atoms with Gasteiger partial charge in [-0.15, -0.1) is 0 Å². The summed E-state index contributed by atoms with van der Waals surface area (Å²) in [5.41, 5.74) is 4.24. The van der Waals surface area contributed by atoms with Gasteiger partial charge >= 0.3 is 0 Å². The SMILES string of the molecule is O=P(c1ccccc1)(c1ccccc1)c1ncc(-n2cnc3ccccc32)c2oc3nccnc3c12. The Morgan fingerprint density at radius 3 is 2.14 bits per heavy atom. The highest BCUT2D eigenvalue weighted by molar-refractivity contribution is 7.85. The number of para-hydroxylation sites is 2. The predicted molar refractivity (Wildman–Crippen MR) is 141 cm³/mol. The molecule has 0 atom stereocenters. The van der Waals surface area contributed by atoms with Crippen molar-refractivity contribution in [2.24, 2.45) is 0 Å². The summed E-state index contributed by atoms with van der Waals surface area (Å²) in [5.74, 6) is 0. The van der Waals surface area contributed by atoms with Crippen LogP contribution >= 0.6 is 7.14 Å². The van der Waals surface area contributed by atoms with Gasteiger partial charge in [-0.05, 0) is 12.1 Å². The monoisotopic (exact) mass is 487 g/mol. The maximum atomic E-state index is 15.2. The van der Waals surface area contributed by atoms with E-state index in [9.17, 15) is 0 Å². The van der Waals surface area contributed by atoms with Crippen molar-refractivity contribution in [3.63, 3.8) is 0 Å². The lowest BCUT2D eigenvalue weighted by molar-refractivity contribution is 0.592. The maximum Gasteiger partial charge on any atom is 0.246 e. The molecule has 0 amide bonds. The van der Waals surface area contributed by atoms with Gasteiger partial charge in [0.1, 0.15) is 23.0 Å². The van der Waals surface area contributed by atoms with Crippen LogP contribution in [0.25, 0.3) is 38.9 Å². The van der Waals surface area contributed by atoms with Crippen molar-refractivity contribution in [1.29, 1.82) is 0 Å². The van der Waals surface area contributed by atoms with Gasteiger partial charge < -0.3 is 8.98 Å². The molecule has 8 heteroatoms. The summed E-state index contributed by atoms with van der Waals surface area (Å²) >= 11 is 0. The first-order chi connectivity index (χ1) is 17.7. The highest BCUT2D eigenvalue weighted by Gasteiger charge is 2.35. The summed E-state index contributed by atoms with van der Waals surface area (Å²) in [6.45, 7) is 0. The van der Waals surface area contributed by atoms with E-state index in [0.29, 0.717) is 43.9 Å². The zero-order chi connectivity index (χ0) is 24.1. The Morgan fingerprint density at radius 2 is 1.39 bits per heavy atom. The number of hydrogen-bond donors (Lipinski definition) is 0. The Morgan fingerprint density at radius 1 is 0.722 bits per heavy atom. The standard InChI is InChI=1S/C28H18N5O2P/c34-36(19-9-3-1-4-10-19,20-11-5-2-6-12-20)28-24-25-27(30-16-15-29-25)35-26(24)23(17-31-28)33-18-32-21-13-7-8-14-22(21)33/h1-18H. The molecule has 0 fully saturated rings. The number of nitrogens with zero attached hydrogens (tertiary/aromatic N) is 5. The van der Waals surface area contributed by atoms with Crippen LogP contribution in [-0.2, 0) is 4.57 Å². The summed E-state index contributed by atoms with van der Waals surface area (Å²) in [4.78, 5) is 18.4. The first-order valence-corrected chi connectivity index (χ1v) is 13.1. The van der Waals surface area contributed by atoms with Crippen molar-refractivity contribution >= 4 is 56.4 Å². The lowest BCUT2D eigenvalue weighted by Crippen LogP contribution is -2.27. The number of furan rings is 1. The molecular formula is C28H18N5O2P. The van der Waals surface area contributed by atoms with Crippen molar-refractivity contribution in [2.75, 3.05) is 0 Å². The van der Waals surface area contributed by atoms with Gasteiger partial charge in [0, 0.05) is 23.0 Å². The Labute approximate surface area is 205 Å². The van der Waals surface area contributed by atoms with Crippen LogP contribution in [0.2, 0.25) is 0 Å². The molecule has 0 aliphatic rings. The van der Waals surface area contributed by atoms with Gasteiger partial charge in [0.15, 0.2) is 12.7 Å². The van der Waals surface area contributed by atoms with Crippen LogP contribution in [0, 0.1) is 0 Å². The molecule has 4 heterocycles. The molecule has 0 saturated heterocycles. The highest BCUT2D eigenvalue weighted by Crippen LogP contribution is 2.45. The van der Waals surface area contributed by atoms with Gasteiger partial charge in [-0.2, -0.15) is 0 Å². The average Bonchev–Trinajstić information content (AvgIpc) is 3.55. The van der Waals surface area contributed by atoms with Gasteiger partial charge in [0.2, 0.25) is 5.71 Å². The summed E-state index contributed by atoms with van der Waals surface area (Å²) in [7, 11) is -3.40. The zero-order valence-electron chi connectivity index (χ0n) is 18.9.